The van der Waals surface area contributed by atoms with Crippen molar-refractivity contribution in [2.45, 2.75) is 69.0 Å². The molecule has 1 aliphatic carbocycles. The topological polar surface area (TPSA) is 61.4 Å². The first-order valence-electron chi connectivity index (χ1n) is 9.64. The van der Waals surface area contributed by atoms with E-state index < -0.39 is 10.0 Å². The largest absolute Gasteiger partial charge is 0.310 e. The van der Waals surface area contributed by atoms with Crippen molar-refractivity contribution < 1.29 is 8.42 Å². The zero-order valence-electron chi connectivity index (χ0n) is 15.2. The van der Waals surface area contributed by atoms with Crippen molar-refractivity contribution in [2.24, 2.45) is 0 Å². The van der Waals surface area contributed by atoms with E-state index in [2.05, 4.69) is 21.9 Å². The third-order valence-corrected chi connectivity index (χ3v) is 6.99. The van der Waals surface area contributed by atoms with E-state index in [9.17, 15) is 8.42 Å². The van der Waals surface area contributed by atoms with Gasteiger partial charge in [0.05, 0.1) is 4.90 Å². The van der Waals surface area contributed by atoms with E-state index in [1.807, 2.05) is 12.1 Å². The second-order valence-electron chi connectivity index (χ2n) is 7.36. The number of likely N-dealkylation sites (N-methyl/N-ethyl adjacent to an activating group) is 1. The highest BCUT2D eigenvalue weighted by Gasteiger charge is 2.24. The number of hydrogen-bond donors (Lipinski definition) is 2. The van der Waals surface area contributed by atoms with Crippen LogP contribution in [0.2, 0.25) is 0 Å². The zero-order chi connectivity index (χ0) is 17.7. The van der Waals surface area contributed by atoms with Gasteiger partial charge in [-0.1, -0.05) is 31.9 Å². The fourth-order valence-electron chi connectivity index (χ4n) is 3.90. The Morgan fingerprint density at radius 3 is 2.40 bits per heavy atom. The molecule has 3 rings (SSSR count). The van der Waals surface area contributed by atoms with Crippen LogP contribution in [0.15, 0.2) is 29.2 Å². The normalized spacial score (nSPS) is 23.2. The summed E-state index contributed by atoms with van der Waals surface area (Å²) < 4.78 is 28.1. The lowest BCUT2D eigenvalue weighted by molar-refractivity contribution is 0.211. The molecule has 2 fully saturated rings. The fourth-order valence-corrected chi connectivity index (χ4v) is 5.17. The number of nitrogens with zero attached hydrogens (tertiary/aromatic N) is 1. The number of piperidine rings is 1. The molecule has 0 spiro atoms. The highest BCUT2D eigenvalue weighted by atomic mass is 32.2. The Bertz CT molecular complexity index is 639. The number of benzene rings is 1. The standard InChI is InChI=1S/C19H31N3O2S/c1-2-22-13-5-8-18(15-22)21-25(23,24)19-11-9-16(10-12-19)14-20-17-6-3-4-7-17/h9-12,17-18,20-21H,2-8,13-15H2,1H3. The van der Waals surface area contributed by atoms with E-state index in [1.54, 1.807) is 12.1 Å². The van der Waals surface area contributed by atoms with Crippen molar-refractivity contribution in [3.63, 3.8) is 0 Å². The molecule has 1 saturated carbocycles. The van der Waals surface area contributed by atoms with Crippen LogP contribution in [0.25, 0.3) is 0 Å². The summed E-state index contributed by atoms with van der Waals surface area (Å²) in [5, 5.41) is 3.56. The Hall–Kier alpha value is -0.950. The van der Waals surface area contributed by atoms with Gasteiger partial charge in [-0.05, 0) is 56.5 Å². The predicted octanol–water partition coefficient (Wildman–Crippen LogP) is 2.48. The van der Waals surface area contributed by atoms with Crippen molar-refractivity contribution in [3.8, 4) is 0 Å². The van der Waals surface area contributed by atoms with E-state index in [4.69, 9.17) is 0 Å². The molecule has 0 amide bonds. The second-order valence-corrected chi connectivity index (χ2v) is 9.07. The maximum atomic E-state index is 12.6. The average Bonchev–Trinajstić information content (AvgIpc) is 3.14. The van der Waals surface area contributed by atoms with Gasteiger partial charge in [0.2, 0.25) is 10.0 Å². The minimum atomic E-state index is -3.44. The van der Waals surface area contributed by atoms with Gasteiger partial charge in [-0.2, -0.15) is 0 Å². The smallest absolute Gasteiger partial charge is 0.240 e. The summed E-state index contributed by atoms with van der Waals surface area (Å²) in [5.41, 5.74) is 1.14. The first-order chi connectivity index (χ1) is 12.1. The third-order valence-electron chi connectivity index (χ3n) is 5.46. The van der Waals surface area contributed by atoms with Crippen molar-refractivity contribution in [1.29, 1.82) is 0 Å². The number of nitrogens with one attached hydrogen (secondary N) is 2. The lowest BCUT2D eigenvalue weighted by Crippen LogP contribution is -2.47. The Labute approximate surface area is 152 Å². The molecule has 0 radical (unpaired) electrons. The van der Waals surface area contributed by atoms with Crippen LogP contribution in [-0.2, 0) is 16.6 Å². The van der Waals surface area contributed by atoms with Crippen molar-refractivity contribution >= 4 is 10.0 Å². The SMILES string of the molecule is CCN1CCCC(NS(=O)(=O)c2ccc(CNC3CCCC3)cc2)C1. The van der Waals surface area contributed by atoms with Gasteiger partial charge in [-0.15, -0.1) is 0 Å². The predicted molar refractivity (Wildman–Crippen MR) is 101 cm³/mol. The Kier molecular flexibility index (Phi) is 6.49. The molecule has 1 unspecified atom stereocenters. The summed E-state index contributed by atoms with van der Waals surface area (Å²) in [6.07, 6.45) is 7.11. The lowest BCUT2D eigenvalue weighted by Gasteiger charge is -2.32. The summed E-state index contributed by atoms with van der Waals surface area (Å²) in [4.78, 5) is 2.67. The van der Waals surface area contributed by atoms with Gasteiger partial charge in [0.1, 0.15) is 0 Å². The molecule has 25 heavy (non-hydrogen) atoms. The Morgan fingerprint density at radius 1 is 1.04 bits per heavy atom. The molecule has 2 N–H and O–H groups in total. The van der Waals surface area contributed by atoms with E-state index >= 15 is 0 Å². The van der Waals surface area contributed by atoms with Gasteiger partial charge in [0, 0.05) is 25.2 Å². The third kappa shape index (κ3) is 5.26. The molecule has 1 saturated heterocycles. The van der Waals surface area contributed by atoms with E-state index in [0.717, 1.165) is 44.6 Å². The second kappa shape index (κ2) is 8.62. The first-order valence-corrected chi connectivity index (χ1v) is 11.1. The Morgan fingerprint density at radius 2 is 1.72 bits per heavy atom. The Balaban J connectivity index is 1.56. The van der Waals surface area contributed by atoms with Crippen LogP contribution in [0.3, 0.4) is 0 Å². The number of hydrogen-bond acceptors (Lipinski definition) is 4. The molecule has 0 aromatic heterocycles. The molecule has 140 valence electrons. The van der Waals surface area contributed by atoms with Gasteiger partial charge in [-0.25, -0.2) is 13.1 Å². The summed E-state index contributed by atoms with van der Waals surface area (Å²) in [6.45, 7) is 5.78. The quantitative estimate of drug-likeness (QED) is 0.779. The van der Waals surface area contributed by atoms with Gasteiger partial charge in [0.15, 0.2) is 0 Å². The number of sulfonamides is 1. The van der Waals surface area contributed by atoms with Crippen LogP contribution in [0.1, 0.15) is 51.0 Å². The highest BCUT2D eigenvalue weighted by molar-refractivity contribution is 7.89. The van der Waals surface area contributed by atoms with Crippen LogP contribution in [0.4, 0.5) is 0 Å². The summed E-state index contributed by atoms with van der Waals surface area (Å²) >= 11 is 0. The lowest BCUT2D eigenvalue weighted by atomic mass is 10.1. The van der Waals surface area contributed by atoms with Crippen molar-refractivity contribution in [2.75, 3.05) is 19.6 Å². The van der Waals surface area contributed by atoms with Crippen LogP contribution in [-0.4, -0.2) is 45.0 Å². The molecule has 1 aliphatic heterocycles. The molecular formula is C19H31N3O2S. The monoisotopic (exact) mass is 365 g/mol. The molecule has 0 bridgehead atoms. The molecule has 1 aromatic rings. The average molecular weight is 366 g/mol. The number of rotatable bonds is 7. The van der Waals surface area contributed by atoms with E-state index in [-0.39, 0.29) is 6.04 Å². The molecule has 1 heterocycles. The molecule has 1 atom stereocenters. The van der Waals surface area contributed by atoms with Gasteiger partial charge >= 0.3 is 0 Å². The van der Waals surface area contributed by atoms with Crippen molar-refractivity contribution in [3.05, 3.63) is 29.8 Å². The molecule has 1 aromatic carbocycles. The maximum absolute atomic E-state index is 12.6. The molecular weight excluding hydrogens is 334 g/mol. The molecule has 6 heteroatoms. The minimum absolute atomic E-state index is 0.0161. The van der Waals surface area contributed by atoms with Gasteiger partial charge < -0.3 is 10.2 Å². The number of likely N-dealkylation sites (tertiary alicyclic amines) is 1. The molecule has 5 nitrogen and oxygen atoms in total. The summed E-state index contributed by atoms with van der Waals surface area (Å²) in [5.74, 6) is 0. The first kappa shape index (κ1) is 18.8. The fraction of sp³-hybridized carbons (Fsp3) is 0.684. The maximum Gasteiger partial charge on any atom is 0.240 e. The van der Waals surface area contributed by atoms with Gasteiger partial charge in [-0.3, -0.25) is 0 Å². The van der Waals surface area contributed by atoms with Crippen LogP contribution in [0.5, 0.6) is 0 Å². The summed E-state index contributed by atoms with van der Waals surface area (Å²) in [7, 11) is -3.44. The van der Waals surface area contributed by atoms with E-state index in [0.29, 0.717) is 10.9 Å². The van der Waals surface area contributed by atoms with Crippen molar-refractivity contribution in [1.82, 2.24) is 14.9 Å². The van der Waals surface area contributed by atoms with Crippen LogP contribution in [0, 0.1) is 0 Å². The van der Waals surface area contributed by atoms with Crippen LogP contribution < -0.4 is 10.0 Å². The highest BCUT2D eigenvalue weighted by Crippen LogP contribution is 2.19. The summed E-state index contributed by atoms with van der Waals surface area (Å²) in [6, 6.07) is 7.95. The van der Waals surface area contributed by atoms with E-state index in [1.165, 1.54) is 25.7 Å². The van der Waals surface area contributed by atoms with Gasteiger partial charge in [0.25, 0.3) is 0 Å². The zero-order valence-corrected chi connectivity index (χ0v) is 16.0. The molecule has 2 aliphatic rings. The van der Waals surface area contributed by atoms with Crippen LogP contribution >= 0.6 is 0 Å². The minimum Gasteiger partial charge on any atom is -0.310 e.